The number of hydrogen-bond donors (Lipinski definition) is 1. The second-order valence-corrected chi connectivity index (χ2v) is 5.56. The number of rotatable bonds is 3. The van der Waals surface area contributed by atoms with Gasteiger partial charge in [0, 0.05) is 0 Å². The molecule has 3 aliphatic rings. The molecule has 0 heterocycles. The molecule has 0 spiro atoms. The summed E-state index contributed by atoms with van der Waals surface area (Å²) in [5.74, 6) is 1.49. The smallest absolute Gasteiger partial charge is 0.0765 e. The maximum atomic E-state index is 8.86. The molecule has 2 heteroatoms. The van der Waals surface area contributed by atoms with Crippen molar-refractivity contribution in [3.63, 3.8) is 0 Å². The topological polar surface area (TPSA) is 29.5 Å². The van der Waals surface area contributed by atoms with E-state index in [4.69, 9.17) is 9.84 Å². The second kappa shape index (κ2) is 3.21. The zero-order chi connectivity index (χ0) is 10.4. The van der Waals surface area contributed by atoms with Crippen molar-refractivity contribution < 1.29 is 9.84 Å². The average molecular weight is 198 g/mol. The van der Waals surface area contributed by atoms with Crippen LogP contribution in [0.2, 0.25) is 0 Å². The van der Waals surface area contributed by atoms with Crippen LogP contribution in [0.1, 0.15) is 40.0 Å². The number of aliphatic hydroxyl groups excluding tert-OH is 1. The zero-order valence-electron chi connectivity index (χ0n) is 9.55. The Bertz CT molecular complexity index is 224. The second-order valence-electron chi connectivity index (χ2n) is 5.56. The summed E-state index contributed by atoms with van der Waals surface area (Å²) in [7, 11) is 0. The third-order valence-electron chi connectivity index (χ3n) is 4.86. The van der Waals surface area contributed by atoms with Crippen LogP contribution in [0.5, 0.6) is 0 Å². The third-order valence-corrected chi connectivity index (χ3v) is 4.86. The van der Waals surface area contributed by atoms with E-state index in [-0.39, 0.29) is 12.2 Å². The molecule has 0 radical (unpaired) electrons. The molecular weight excluding hydrogens is 176 g/mol. The maximum absolute atomic E-state index is 8.86. The molecule has 3 unspecified atom stereocenters. The fourth-order valence-electron chi connectivity index (χ4n) is 3.70. The molecule has 3 atom stereocenters. The van der Waals surface area contributed by atoms with E-state index >= 15 is 0 Å². The molecule has 82 valence electrons. The summed E-state index contributed by atoms with van der Waals surface area (Å²) in [6.07, 6.45) is 3.86. The monoisotopic (exact) mass is 198 g/mol. The van der Waals surface area contributed by atoms with Gasteiger partial charge in [0.1, 0.15) is 0 Å². The van der Waals surface area contributed by atoms with Crippen molar-refractivity contribution >= 4 is 0 Å². The number of hydrogen-bond acceptors (Lipinski definition) is 2. The minimum absolute atomic E-state index is 0.0681. The summed E-state index contributed by atoms with van der Waals surface area (Å²) >= 11 is 0. The van der Waals surface area contributed by atoms with Crippen LogP contribution in [0.4, 0.5) is 0 Å². The third kappa shape index (κ3) is 1.10. The minimum atomic E-state index is 0.0681. The molecule has 2 bridgehead atoms. The highest BCUT2D eigenvalue weighted by Gasteiger charge is 2.65. The molecule has 3 fully saturated rings. The van der Waals surface area contributed by atoms with Crippen molar-refractivity contribution in [2.45, 2.75) is 45.6 Å². The SMILES string of the molecule is CC1CCC2CC1(OCCO)C2(C)C. The van der Waals surface area contributed by atoms with Crippen molar-refractivity contribution in [3.05, 3.63) is 0 Å². The molecule has 3 saturated carbocycles. The molecular formula is C12H22O2. The Morgan fingerprint density at radius 2 is 2.07 bits per heavy atom. The van der Waals surface area contributed by atoms with Gasteiger partial charge in [-0.05, 0) is 36.5 Å². The van der Waals surface area contributed by atoms with Crippen molar-refractivity contribution in [2.24, 2.45) is 17.3 Å². The van der Waals surface area contributed by atoms with Gasteiger partial charge in [-0.25, -0.2) is 0 Å². The average Bonchev–Trinajstić information content (AvgIpc) is 2.15. The minimum Gasteiger partial charge on any atom is -0.394 e. The van der Waals surface area contributed by atoms with E-state index in [0.717, 1.165) is 5.92 Å². The summed E-state index contributed by atoms with van der Waals surface area (Å²) in [4.78, 5) is 0. The first-order valence-corrected chi connectivity index (χ1v) is 5.79. The van der Waals surface area contributed by atoms with Gasteiger partial charge in [0.2, 0.25) is 0 Å². The molecule has 0 aromatic heterocycles. The Hall–Kier alpha value is -0.0800. The van der Waals surface area contributed by atoms with Crippen LogP contribution in [-0.4, -0.2) is 23.9 Å². The van der Waals surface area contributed by atoms with Crippen LogP contribution >= 0.6 is 0 Å². The van der Waals surface area contributed by atoms with Gasteiger partial charge in [0.05, 0.1) is 18.8 Å². The molecule has 1 N–H and O–H groups in total. The lowest BCUT2D eigenvalue weighted by Crippen LogP contribution is -2.68. The van der Waals surface area contributed by atoms with E-state index < -0.39 is 0 Å². The van der Waals surface area contributed by atoms with Gasteiger partial charge in [0.25, 0.3) is 0 Å². The Balaban J connectivity index is 2.14. The fourth-order valence-corrected chi connectivity index (χ4v) is 3.70. The first kappa shape index (κ1) is 10.4. The molecule has 0 aromatic rings. The largest absolute Gasteiger partial charge is 0.394 e. The standard InChI is InChI=1S/C12H22O2/c1-9-4-5-10-8-12(9,11(10,2)3)14-7-6-13/h9-10,13H,4-8H2,1-3H3. The van der Waals surface area contributed by atoms with E-state index in [2.05, 4.69) is 20.8 Å². The highest BCUT2D eigenvalue weighted by Crippen LogP contribution is 2.65. The van der Waals surface area contributed by atoms with E-state index in [1.807, 2.05) is 0 Å². The summed E-state index contributed by atoms with van der Waals surface area (Å²) in [6.45, 7) is 7.60. The molecule has 2 nitrogen and oxygen atoms in total. The van der Waals surface area contributed by atoms with E-state index in [9.17, 15) is 0 Å². The molecule has 0 amide bonds. The van der Waals surface area contributed by atoms with Crippen molar-refractivity contribution in [1.82, 2.24) is 0 Å². The number of fused-ring (bicyclic) bond motifs is 2. The molecule has 0 aromatic carbocycles. The lowest BCUT2D eigenvalue weighted by atomic mass is 9.42. The van der Waals surface area contributed by atoms with Crippen LogP contribution < -0.4 is 0 Å². The summed E-state index contributed by atoms with van der Waals surface area (Å²) < 4.78 is 5.96. The maximum Gasteiger partial charge on any atom is 0.0765 e. The highest BCUT2D eigenvalue weighted by atomic mass is 16.5. The van der Waals surface area contributed by atoms with Gasteiger partial charge in [-0.3, -0.25) is 0 Å². The van der Waals surface area contributed by atoms with Crippen LogP contribution in [0.3, 0.4) is 0 Å². The van der Waals surface area contributed by atoms with E-state index in [1.54, 1.807) is 0 Å². The first-order chi connectivity index (χ1) is 6.54. The normalized spacial score (nSPS) is 44.6. The van der Waals surface area contributed by atoms with Gasteiger partial charge in [-0.1, -0.05) is 20.8 Å². The van der Waals surface area contributed by atoms with Crippen LogP contribution in [0, 0.1) is 17.3 Å². The van der Waals surface area contributed by atoms with Gasteiger partial charge in [0.15, 0.2) is 0 Å². The highest BCUT2D eigenvalue weighted by molar-refractivity contribution is 5.15. The molecule has 3 rings (SSSR count). The fraction of sp³-hybridized carbons (Fsp3) is 1.00. The zero-order valence-corrected chi connectivity index (χ0v) is 9.55. The van der Waals surface area contributed by atoms with E-state index in [0.29, 0.717) is 17.9 Å². The Kier molecular flexibility index (Phi) is 2.39. The number of aliphatic hydroxyl groups is 1. The van der Waals surface area contributed by atoms with Gasteiger partial charge in [-0.2, -0.15) is 0 Å². The van der Waals surface area contributed by atoms with Crippen molar-refractivity contribution in [1.29, 1.82) is 0 Å². The first-order valence-electron chi connectivity index (χ1n) is 5.79. The van der Waals surface area contributed by atoms with Crippen molar-refractivity contribution in [3.8, 4) is 0 Å². The Morgan fingerprint density at radius 3 is 2.57 bits per heavy atom. The van der Waals surface area contributed by atoms with Crippen LogP contribution in [0.15, 0.2) is 0 Å². The molecule has 0 saturated heterocycles. The van der Waals surface area contributed by atoms with E-state index in [1.165, 1.54) is 19.3 Å². The Labute approximate surface area is 86.6 Å². The number of ether oxygens (including phenoxy) is 1. The molecule has 14 heavy (non-hydrogen) atoms. The summed E-state index contributed by atoms with van der Waals surface area (Å²) in [5, 5.41) is 8.86. The predicted octanol–water partition coefficient (Wildman–Crippen LogP) is 2.21. The lowest BCUT2D eigenvalue weighted by Gasteiger charge is -2.67. The Morgan fingerprint density at radius 1 is 1.36 bits per heavy atom. The quantitative estimate of drug-likeness (QED) is 0.753. The van der Waals surface area contributed by atoms with Crippen LogP contribution in [0.25, 0.3) is 0 Å². The summed E-state index contributed by atoms with van der Waals surface area (Å²) in [5.41, 5.74) is 0.387. The van der Waals surface area contributed by atoms with Gasteiger partial charge < -0.3 is 9.84 Å². The van der Waals surface area contributed by atoms with Crippen LogP contribution in [-0.2, 0) is 4.74 Å². The van der Waals surface area contributed by atoms with Gasteiger partial charge >= 0.3 is 0 Å². The molecule has 0 aliphatic heterocycles. The van der Waals surface area contributed by atoms with Crippen molar-refractivity contribution in [2.75, 3.05) is 13.2 Å². The van der Waals surface area contributed by atoms with Gasteiger partial charge in [-0.15, -0.1) is 0 Å². The molecule has 3 aliphatic carbocycles. The summed E-state index contributed by atoms with van der Waals surface area (Å²) in [6, 6.07) is 0. The predicted molar refractivity (Wildman–Crippen MR) is 56.1 cm³/mol. The lowest BCUT2D eigenvalue weighted by molar-refractivity contribution is -0.280.